The Kier molecular flexibility index (Phi) is 2.79. The van der Waals surface area contributed by atoms with Crippen molar-refractivity contribution in [2.45, 2.75) is 18.9 Å². The van der Waals surface area contributed by atoms with Crippen molar-refractivity contribution in [2.75, 3.05) is 29.9 Å². The van der Waals surface area contributed by atoms with E-state index in [1.165, 1.54) is 0 Å². The van der Waals surface area contributed by atoms with Crippen LogP contribution in [0.4, 0.5) is 16.3 Å². The summed E-state index contributed by atoms with van der Waals surface area (Å²) in [5.41, 5.74) is 1.70. The number of hydrogen-bond donors (Lipinski definition) is 3. The lowest BCUT2D eigenvalue weighted by Crippen LogP contribution is -2.53. The molecule has 6 heteroatoms. The smallest absolute Gasteiger partial charge is 0.409 e. The molecule has 0 aromatic carbocycles. The number of nitrogens with zero attached hydrogens (tertiary/aromatic N) is 2. The second-order valence-corrected chi connectivity index (χ2v) is 4.68. The monoisotopic (exact) mass is 248 g/mol. The Bertz CT molecular complexity index is 477. The van der Waals surface area contributed by atoms with E-state index in [1.54, 1.807) is 12.3 Å². The van der Waals surface area contributed by atoms with E-state index >= 15 is 0 Å². The van der Waals surface area contributed by atoms with Crippen molar-refractivity contribution in [3.8, 4) is 0 Å². The van der Waals surface area contributed by atoms with Crippen LogP contribution in [-0.2, 0) is 6.42 Å². The van der Waals surface area contributed by atoms with E-state index in [4.69, 9.17) is 5.11 Å². The van der Waals surface area contributed by atoms with Gasteiger partial charge >= 0.3 is 6.09 Å². The van der Waals surface area contributed by atoms with Crippen molar-refractivity contribution in [2.24, 2.45) is 0 Å². The summed E-state index contributed by atoms with van der Waals surface area (Å²) in [4.78, 5) is 17.5. The van der Waals surface area contributed by atoms with Crippen LogP contribution in [0, 0.1) is 0 Å². The van der Waals surface area contributed by atoms with E-state index in [0.717, 1.165) is 43.9 Å². The summed E-state index contributed by atoms with van der Waals surface area (Å²) in [6.45, 7) is 2.87. The molecule has 2 aliphatic heterocycles. The average Bonchev–Trinajstić information content (AvgIpc) is 2.38. The van der Waals surface area contributed by atoms with Gasteiger partial charge in [0.1, 0.15) is 5.82 Å². The van der Waals surface area contributed by atoms with Crippen molar-refractivity contribution in [3.05, 3.63) is 17.8 Å². The van der Waals surface area contributed by atoms with Crippen molar-refractivity contribution < 1.29 is 9.90 Å². The van der Waals surface area contributed by atoms with Gasteiger partial charge in [0.05, 0.1) is 5.69 Å². The summed E-state index contributed by atoms with van der Waals surface area (Å²) >= 11 is 0. The molecule has 3 N–H and O–H groups in total. The summed E-state index contributed by atoms with van der Waals surface area (Å²) in [6, 6.07) is 2.22. The summed E-state index contributed by atoms with van der Waals surface area (Å²) in [5, 5.41) is 14.7. The standard InChI is InChI=1S/C12H16N4O2/c17-12(18)15-10-3-4-14-11-9(10)2-1-8-7-13-5-6-16(8)11/h3-4,8,13H,1-2,5-7H2,(H,14,15)(H,17,18). The molecule has 1 aromatic heterocycles. The molecule has 0 bridgehead atoms. The number of rotatable bonds is 1. The zero-order chi connectivity index (χ0) is 12.5. The Morgan fingerprint density at radius 3 is 3.33 bits per heavy atom. The van der Waals surface area contributed by atoms with E-state index in [2.05, 4.69) is 20.5 Å². The summed E-state index contributed by atoms with van der Waals surface area (Å²) < 4.78 is 0. The van der Waals surface area contributed by atoms with Crippen LogP contribution in [-0.4, -0.2) is 41.9 Å². The highest BCUT2D eigenvalue weighted by molar-refractivity contribution is 5.85. The molecule has 18 heavy (non-hydrogen) atoms. The molecule has 0 saturated carbocycles. The third-order valence-electron chi connectivity index (χ3n) is 3.62. The SMILES string of the molecule is O=C(O)Nc1ccnc2c1CCC1CNCCN21. The molecule has 0 radical (unpaired) electrons. The Morgan fingerprint density at radius 1 is 1.61 bits per heavy atom. The Balaban J connectivity index is 1.97. The fourth-order valence-corrected chi connectivity index (χ4v) is 2.82. The number of carboxylic acid groups (broad SMARTS) is 1. The molecule has 1 unspecified atom stereocenters. The first-order valence-corrected chi connectivity index (χ1v) is 6.21. The van der Waals surface area contributed by atoms with Gasteiger partial charge in [0.2, 0.25) is 0 Å². The lowest BCUT2D eigenvalue weighted by Gasteiger charge is -2.41. The second-order valence-electron chi connectivity index (χ2n) is 4.68. The molecule has 3 rings (SSSR count). The van der Waals surface area contributed by atoms with Crippen LogP contribution < -0.4 is 15.5 Å². The summed E-state index contributed by atoms with van der Waals surface area (Å²) in [6.07, 6.45) is 2.57. The lowest BCUT2D eigenvalue weighted by molar-refractivity contribution is 0.209. The molecule has 96 valence electrons. The molecule has 1 amide bonds. The summed E-state index contributed by atoms with van der Waals surface area (Å²) in [5.74, 6) is 0.944. The van der Waals surface area contributed by atoms with Crippen molar-refractivity contribution in [1.82, 2.24) is 10.3 Å². The predicted molar refractivity (Wildman–Crippen MR) is 68.2 cm³/mol. The van der Waals surface area contributed by atoms with Crippen LogP contribution in [0.15, 0.2) is 12.3 Å². The zero-order valence-electron chi connectivity index (χ0n) is 10.0. The lowest BCUT2D eigenvalue weighted by atomic mass is 9.96. The number of fused-ring (bicyclic) bond motifs is 3. The van der Waals surface area contributed by atoms with Crippen LogP contribution in [0.25, 0.3) is 0 Å². The van der Waals surface area contributed by atoms with Gasteiger partial charge in [-0.25, -0.2) is 9.78 Å². The number of piperazine rings is 1. The first-order valence-electron chi connectivity index (χ1n) is 6.21. The third kappa shape index (κ3) is 1.88. The number of amides is 1. The van der Waals surface area contributed by atoms with E-state index in [0.29, 0.717) is 11.7 Å². The first-order chi connectivity index (χ1) is 8.75. The molecule has 0 spiro atoms. The van der Waals surface area contributed by atoms with E-state index in [-0.39, 0.29) is 0 Å². The van der Waals surface area contributed by atoms with Gasteiger partial charge in [0.15, 0.2) is 0 Å². The topological polar surface area (TPSA) is 77.5 Å². The Morgan fingerprint density at radius 2 is 2.50 bits per heavy atom. The normalized spacial score (nSPS) is 22.0. The van der Waals surface area contributed by atoms with Gasteiger partial charge in [0.25, 0.3) is 0 Å². The van der Waals surface area contributed by atoms with E-state index in [9.17, 15) is 4.79 Å². The molecule has 0 aliphatic carbocycles. The number of hydrogen-bond acceptors (Lipinski definition) is 4. The maximum absolute atomic E-state index is 10.8. The van der Waals surface area contributed by atoms with Crippen LogP contribution in [0.3, 0.4) is 0 Å². The second kappa shape index (κ2) is 4.45. The van der Waals surface area contributed by atoms with Gasteiger partial charge in [0, 0.05) is 37.4 Å². The highest BCUT2D eigenvalue weighted by Crippen LogP contribution is 2.33. The van der Waals surface area contributed by atoms with Gasteiger partial charge < -0.3 is 15.3 Å². The van der Waals surface area contributed by atoms with Crippen LogP contribution in [0.2, 0.25) is 0 Å². The first kappa shape index (κ1) is 11.3. The zero-order valence-corrected chi connectivity index (χ0v) is 10.0. The molecule has 3 heterocycles. The number of anilines is 2. The molecule has 1 fully saturated rings. The highest BCUT2D eigenvalue weighted by Gasteiger charge is 2.30. The Labute approximate surface area is 105 Å². The molecular formula is C12H16N4O2. The van der Waals surface area contributed by atoms with Crippen molar-refractivity contribution in [1.29, 1.82) is 0 Å². The minimum absolute atomic E-state index is 0.485. The maximum atomic E-state index is 10.8. The molecule has 1 aromatic rings. The van der Waals surface area contributed by atoms with Crippen LogP contribution >= 0.6 is 0 Å². The fourth-order valence-electron chi connectivity index (χ4n) is 2.82. The number of pyridine rings is 1. The molecule has 1 saturated heterocycles. The largest absolute Gasteiger partial charge is 0.465 e. The average molecular weight is 248 g/mol. The van der Waals surface area contributed by atoms with Gasteiger partial charge in [-0.15, -0.1) is 0 Å². The quantitative estimate of drug-likeness (QED) is 0.688. The molecule has 6 nitrogen and oxygen atoms in total. The van der Waals surface area contributed by atoms with Gasteiger partial charge in [-0.05, 0) is 18.9 Å². The Hall–Kier alpha value is -1.82. The van der Waals surface area contributed by atoms with E-state index in [1.807, 2.05) is 0 Å². The molecular weight excluding hydrogens is 232 g/mol. The summed E-state index contributed by atoms with van der Waals surface area (Å²) in [7, 11) is 0. The van der Waals surface area contributed by atoms with Crippen molar-refractivity contribution in [3.63, 3.8) is 0 Å². The fraction of sp³-hybridized carbons (Fsp3) is 0.500. The minimum atomic E-state index is -1.02. The van der Waals surface area contributed by atoms with Gasteiger partial charge in [-0.2, -0.15) is 0 Å². The molecule has 2 aliphatic rings. The number of nitrogens with one attached hydrogen (secondary N) is 2. The van der Waals surface area contributed by atoms with Gasteiger partial charge in [-0.1, -0.05) is 0 Å². The van der Waals surface area contributed by atoms with Crippen LogP contribution in [0.1, 0.15) is 12.0 Å². The third-order valence-corrected chi connectivity index (χ3v) is 3.62. The number of aromatic nitrogens is 1. The predicted octanol–water partition coefficient (Wildman–Crippen LogP) is 0.896. The number of carbonyl (C=O) groups is 1. The molecule has 1 atom stereocenters. The van der Waals surface area contributed by atoms with E-state index < -0.39 is 6.09 Å². The minimum Gasteiger partial charge on any atom is -0.465 e. The maximum Gasteiger partial charge on any atom is 0.409 e. The highest BCUT2D eigenvalue weighted by atomic mass is 16.4. The van der Waals surface area contributed by atoms with Gasteiger partial charge in [-0.3, -0.25) is 5.32 Å². The van der Waals surface area contributed by atoms with Crippen molar-refractivity contribution >= 4 is 17.6 Å². The van der Waals surface area contributed by atoms with Crippen LogP contribution in [0.5, 0.6) is 0 Å².